The molecule has 214 valence electrons. The molecule has 2 aromatic heterocycles. The first-order chi connectivity index (χ1) is 19.6. The molecular formula is C30H40N6O3S. The van der Waals surface area contributed by atoms with Gasteiger partial charge in [-0.25, -0.2) is 14.8 Å². The molecule has 0 radical (unpaired) electrons. The number of nitrogens with one attached hydrogen (secondary N) is 1. The lowest BCUT2D eigenvalue weighted by atomic mass is 9.88. The number of hydrogen-bond donors (Lipinski definition) is 1. The summed E-state index contributed by atoms with van der Waals surface area (Å²) < 4.78 is 10.8. The number of likely N-dealkylation sites (N-methyl/N-ethyl adjacent to an activating group) is 1. The molecule has 0 unspecified atom stereocenters. The van der Waals surface area contributed by atoms with Gasteiger partial charge in [0, 0.05) is 56.1 Å². The highest BCUT2D eigenvalue weighted by Gasteiger charge is 2.30. The quantitative estimate of drug-likeness (QED) is 0.424. The molecule has 0 atom stereocenters. The molecule has 4 heterocycles. The van der Waals surface area contributed by atoms with Crippen LogP contribution < -0.4 is 19.7 Å². The number of thiophene rings is 1. The minimum Gasteiger partial charge on any atom is -0.497 e. The number of methoxy groups -OCH3 is 2. The van der Waals surface area contributed by atoms with E-state index in [9.17, 15) is 4.79 Å². The van der Waals surface area contributed by atoms with E-state index in [1.807, 2.05) is 28.4 Å². The number of urea groups is 1. The van der Waals surface area contributed by atoms with Crippen molar-refractivity contribution in [2.24, 2.45) is 0 Å². The summed E-state index contributed by atoms with van der Waals surface area (Å²) >= 11 is 1.87. The Balaban J connectivity index is 1.23. The maximum Gasteiger partial charge on any atom is 0.322 e. The van der Waals surface area contributed by atoms with Crippen molar-refractivity contribution < 1.29 is 14.3 Å². The molecule has 3 aromatic rings. The van der Waals surface area contributed by atoms with E-state index in [4.69, 9.17) is 19.4 Å². The van der Waals surface area contributed by atoms with Crippen LogP contribution in [0.3, 0.4) is 0 Å². The second-order valence-corrected chi connectivity index (χ2v) is 12.1. The molecule has 0 bridgehead atoms. The highest BCUT2D eigenvalue weighted by Crippen LogP contribution is 2.41. The average Bonchev–Trinajstić information content (AvgIpc) is 3.39. The number of rotatable bonds is 6. The zero-order chi connectivity index (χ0) is 27.6. The van der Waals surface area contributed by atoms with Gasteiger partial charge in [0.25, 0.3) is 0 Å². The number of carbonyl (C=O) groups is 1. The highest BCUT2D eigenvalue weighted by molar-refractivity contribution is 7.19. The van der Waals surface area contributed by atoms with Gasteiger partial charge in [0.15, 0.2) is 0 Å². The Bertz CT molecular complexity index is 1360. The van der Waals surface area contributed by atoms with Crippen molar-refractivity contribution in [2.75, 3.05) is 63.7 Å². The van der Waals surface area contributed by atoms with Crippen molar-refractivity contribution in [3.05, 3.63) is 34.5 Å². The monoisotopic (exact) mass is 564 g/mol. The summed E-state index contributed by atoms with van der Waals surface area (Å²) in [6.07, 6.45) is 7.26. The second kappa shape index (κ2) is 11.8. The van der Waals surface area contributed by atoms with Crippen LogP contribution in [-0.4, -0.2) is 79.3 Å². The number of amides is 2. The lowest BCUT2D eigenvalue weighted by Crippen LogP contribution is -2.50. The molecule has 1 aromatic carbocycles. The smallest absolute Gasteiger partial charge is 0.322 e. The molecule has 1 aliphatic carbocycles. The van der Waals surface area contributed by atoms with E-state index in [-0.39, 0.29) is 6.03 Å². The van der Waals surface area contributed by atoms with Crippen LogP contribution in [0.25, 0.3) is 10.2 Å². The van der Waals surface area contributed by atoms with E-state index in [1.165, 1.54) is 47.9 Å². The molecular weight excluding hydrogens is 524 g/mol. The van der Waals surface area contributed by atoms with E-state index in [1.54, 1.807) is 20.3 Å². The summed E-state index contributed by atoms with van der Waals surface area (Å²) in [5.74, 6) is 3.83. The van der Waals surface area contributed by atoms with Gasteiger partial charge in [0.1, 0.15) is 28.0 Å². The van der Waals surface area contributed by atoms with Gasteiger partial charge in [0.2, 0.25) is 0 Å². The maximum atomic E-state index is 13.2. The summed E-state index contributed by atoms with van der Waals surface area (Å²) in [5.41, 5.74) is 2.08. The van der Waals surface area contributed by atoms with Crippen LogP contribution >= 0.6 is 11.3 Å². The fraction of sp³-hybridized carbons (Fsp3) is 0.567. The summed E-state index contributed by atoms with van der Waals surface area (Å²) in [6.45, 7) is 8.16. The van der Waals surface area contributed by atoms with Gasteiger partial charge in [0.05, 0.1) is 25.3 Å². The molecule has 6 rings (SSSR count). The minimum atomic E-state index is -0.119. The molecule has 1 saturated heterocycles. The first-order valence-corrected chi connectivity index (χ1v) is 15.5. The van der Waals surface area contributed by atoms with Crippen molar-refractivity contribution in [1.82, 2.24) is 19.8 Å². The van der Waals surface area contributed by atoms with Crippen LogP contribution in [0.2, 0.25) is 0 Å². The number of carbonyl (C=O) groups excluding carboxylic acids is 1. The van der Waals surface area contributed by atoms with E-state index in [0.717, 1.165) is 55.6 Å². The number of hydrogen-bond acceptors (Lipinski definition) is 8. The number of fused-ring (bicyclic) bond motifs is 3. The van der Waals surface area contributed by atoms with Gasteiger partial charge in [-0.15, -0.1) is 11.3 Å². The summed E-state index contributed by atoms with van der Waals surface area (Å²) in [4.78, 5) is 33.1. The summed E-state index contributed by atoms with van der Waals surface area (Å²) in [7, 11) is 3.21. The zero-order valence-corrected chi connectivity index (χ0v) is 24.7. The van der Waals surface area contributed by atoms with Crippen LogP contribution in [0.4, 0.5) is 16.3 Å². The van der Waals surface area contributed by atoms with Gasteiger partial charge >= 0.3 is 6.03 Å². The number of benzene rings is 1. The van der Waals surface area contributed by atoms with E-state index in [2.05, 4.69) is 22.0 Å². The van der Waals surface area contributed by atoms with Gasteiger partial charge in [-0.3, -0.25) is 4.90 Å². The van der Waals surface area contributed by atoms with Crippen molar-refractivity contribution in [3.8, 4) is 11.5 Å². The Hall–Kier alpha value is -3.11. The molecule has 10 heteroatoms. The Morgan fingerprint density at radius 2 is 1.85 bits per heavy atom. The van der Waals surface area contributed by atoms with Crippen molar-refractivity contribution in [2.45, 2.75) is 57.9 Å². The Morgan fingerprint density at radius 1 is 1.05 bits per heavy atom. The molecule has 9 nitrogen and oxygen atoms in total. The molecule has 1 N–H and O–H groups in total. The van der Waals surface area contributed by atoms with Gasteiger partial charge in [-0.1, -0.05) is 26.2 Å². The number of aromatic nitrogens is 2. The largest absolute Gasteiger partial charge is 0.497 e. The SMILES string of the molecule is CCN1CCc2c(sc3nc(C4CCCCC4)nc(N4CCN(C(=O)Nc5ccc(OC)cc5OC)CC4)c23)C1. The van der Waals surface area contributed by atoms with Crippen molar-refractivity contribution in [3.63, 3.8) is 0 Å². The molecule has 40 heavy (non-hydrogen) atoms. The van der Waals surface area contributed by atoms with Crippen LogP contribution in [0.15, 0.2) is 18.2 Å². The highest BCUT2D eigenvalue weighted by atomic mass is 32.1. The normalized spacial score (nSPS) is 18.6. The topological polar surface area (TPSA) is 83.1 Å². The first kappa shape index (κ1) is 27.1. The third-order valence-electron chi connectivity index (χ3n) is 8.71. The predicted octanol–water partition coefficient (Wildman–Crippen LogP) is 5.49. The average molecular weight is 565 g/mol. The lowest BCUT2D eigenvalue weighted by molar-refractivity contribution is 0.208. The number of nitrogens with zero attached hydrogens (tertiary/aromatic N) is 5. The van der Waals surface area contributed by atoms with Crippen LogP contribution in [-0.2, 0) is 13.0 Å². The summed E-state index contributed by atoms with van der Waals surface area (Å²) in [6, 6.07) is 5.29. The van der Waals surface area contributed by atoms with E-state index >= 15 is 0 Å². The molecule has 2 amide bonds. The fourth-order valence-corrected chi connectivity index (χ4v) is 7.57. The van der Waals surface area contributed by atoms with Crippen LogP contribution in [0.5, 0.6) is 11.5 Å². The Kier molecular flexibility index (Phi) is 7.98. The lowest BCUT2D eigenvalue weighted by Gasteiger charge is -2.36. The van der Waals surface area contributed by atoms with Crippen molar-refractivity contribution >= 4 is 39.1 Å². The number of ether oxygens (including phenoxy) is 2. The zero-order valence-electron chi connectivity index (χ0n) is 23.9. The second-order valence-electron chi connectivity index (χ2n) is 11.0. The number of piperazine rings is 1. The molecule has 2 aliphatic heterocycles. The first-order valence-electron chi connectivity index (χ1n) is 14.6. The van der Waals surface area contributed by atoms with Crippen LogP contribution in [0, 0.1) is 0 Å². The fourth-order valence-electron chi connectivity index (χ4n) is 6.30. The Labute approximate surface area is 240 Å². The van der Waals surface area contributed by atoms with Gasteiger partial charge < -0.3 is 24.6 Å². The minimum absolute atomic E-state index is 0.119. The predicted molar refractivity (Wildman–Crippen MR) is 160 cm³/mol. The summed E-state index contributed by atoms with van der Waals surface area (Å²) in [5, 5.41) is 4.28. The number of anilines is 2. The molecule has 1 saturated carbocycles. The van der Waals surface area contributed by atoms with E-state index in [0.29, 0.717) is 36.2 Å². The molecule has 0 spiro atoms. The van der Waals surface area contributed by atoms with Gasteiger partial charge in [-0.2, -0.15) is 0 Å². The standard InChI is InChI=1S/C30H40N6O3S/c1-4-34-13-12-22-25(19-34)40-29-26(22)28(32-27(33-29)20-8-6-5-7-9-20)35-14-16-36(17-15-35)30(37)31-23-11-10-21(38-2)18-24(23)39-3/h10-11,18,20H,4-9,12-17,19H2,1-3H3,(H,31,37). The molecule has 3 aliphatic rings. The van der Waals surface area contributed by atoms with Crippen molar-refractivity contribution in [1.29, 1.82) is 0 Å². The third kappa shape index (κ3) is 5.31. The third-order valence-corrected chi connectivity index (χ3v) is 9.82. The Morgan fingerprint density at radius 3 is 2.58 bits per heavy atom. The van der Waals surface area contributed by atoms with E-state index < -0.39 is 0 Å². The maximum absolute atomic E-state index is 13.2. The molecule has 2 fully saturated rings. The van der Waals surface area contributed by atoms with Gasteiger partial charge in [-0.05, 0) is 43.5 Å². The van der Waals surface area contributed by atoms with Crippen LogP contribution in [0.1, 0.15) is 61.2 Å².